The first-order valence-electron chi connectivity index (χ1n) is 8.85. The molecule has 3 aliphatic rings. The minimum Gasteiger partial charge on any atom is -0.475 e. The molecule has 9 heteroatoms. The number of piperidine rings is 2. The SMILES string of the molecule is O=C(O)C(F)(F)F.c1cnc(C2CCN(CC3C4CNCC43)CC2)cn1. The largest absolute Gasteiger partial charge is 0.490 e. The van der Waals surface area contributed by atoms with Crippen LogP contribution in [0.2, 0.25) is 0 Å². The molecule has 26 heavy (non-hydrogen) atoms. The number of fused-ring (bicyclic) bond motifs is 1. The zero-order chi connectivity index (χ0) is 18.7. The number of hydrogen-bond acceptors (Lipinski definition) is 5. The number of carboxylic acid groups (broad SMARTS) is 1. The van der Waals surface area contributed by atoms with Crippen LogP contribution in [0.3, 0.4) is 0 Å². The highest BCUT2D eigenvalue weighted by molar-refractivity contribution is 5.73. The van der Waals surface area contributed by atoms with Crippen molar-refractivity contribution in [3.63, 3.8) is 0 Å². The van der Waals surface area contributed by atoms with E-state index in [9.17, 15) is 13.2 Å². The summed E-state index contributed by atoms with van der Waals surface area (Å²) < 4.78 is 31.7. The maximum atomic E-state index is 10.6. The maximum absolute atomic E-state index is 10.6. The van der Waals surface area contributed by atoms with Crippen molar-refractivity contribution in [3.8, 4) is 0 Å². The number of alkyl halides is 3. The second kappa shape index (κ2) is 7.87. The van der Waals surface area contributed by atoms with E-state index in [1.54, 1.807) is 6.20 Å². The molecule has 1 aromatic heterocycles. The number of halogens is 3. The summed E-state index contributed by atoms with van der Waals surface area (Å²) in [6, 6.07) is 0. The quantitative estimate of drug-likeness (QED) is 0.842. The highest BCUT2D eigenvalue weighted by atomic mass is 19.4. The molecule has 4 rings (SSSR count). The highest BCUT2D eigenvalue weighted by Crippen LogP contribution is 2.49. The van der Waals surface area contributed by atoms with Crippen molar-refractivity contribution >= 4 is 5.97 Å². The Morgan fingerprint density at radius 3 is 2.35 bits per heavy atom. The lowest BCUT2D eigenvalue weighted by Gasteiger charge is -2.32. The molecule has 2 saturated heterocycles. The summed E-state index contributed by atoms with van der Waals surface area (Å²) in [6.45, 7) is 6.36. The van der Waals surface area contributed by atoms with Crippen LogP contribution in [-0.2, 0) is 4.79 Å². The number of hydrogen-bond donors (Lipinski definition) is 2. The third-order valence-electron chi connectivity index (χ3n) is 5.57. The number of nitrogens with one attached hydrogen (secondary N) is 1. The second-order valence-electron chi connectivity index (χ2n) is 7.16. The van der Waals surface area contributed by atoms with E-state index in [1.807, 2.05) is 12.4 Å². The average Bonchev–Trinajstić information content (AvgIpc) is 3.04. The van der Waals surface area contributed by atoms with Gasteiger partial charge in [-0.15, -0.1) is 0 Å². The van der Waals surface area contributed by atoms with Crippen LogP contribution in [-0.4, -0.2) is 64.8 Å². The normalized spacial score (nSPS) is 28.8. The summed E-state index contributed by atoms with van der Waals surface area (Å²) in [5.74, 6) is 0.863. The molecule has 0 radical (unpaired) electrons. The van der Waals surface area contributed by atoms with Crippen LogP contribution in [0, 0.1) is 17.8 Å². The Hall–Kier alpha value is -1.74. The number of nitrogens with zero attached hydrogens (tertiary/aromatic N) is 3. The predicted octanol–water partition coefficient (Wildman–Crippen LogP) is 1.75. The van der Waals surface area contributed by atoms with Crippen LogP contribution < -0.4 is 5.32 Å². The van der Waals surface area contributed by atoms with E-state index in [2.05, 4.69) is 20.2 Å². The average molecular weight is 372 g/mol. The fraction of sp³-hybridized carbons (Fsp3) is 0.706. The molecule has 3 heterocycles. The molecule has 1 aromatic rings. The molecule has 0 bridgehead atoms. The van der Waals surface area contributed by atoms with Gasteiger partial charge in [-0.25, -0.2) is 4.79 Å². The highest BCUT2D eigenvalue weighted by Gasteiger charge is 2.52. The molecule has 0 spiro atoms. The van der Waals surface area contributed by atoms with E-state index in [0.29, 0.717) is 5.92 Å². The molecule has 144 valence electrons. The van der Waals surface area contributed by atoms with Gasteiger partial charge in [-0.1, -0.05) is 0 Å². The Balaban J connectivity index is 0.000000242. The second-order valence-corrected chi connectivity index (χ2v) is 7.16. The molecule has 2 unspecified atom stereocenters. The van der Waals surface area contributed by atoms with Gasteiger partial charge < -0.3 is 15.3 Å². The van der Waals surface area contributed by atoms with Crippen molar-refractivity contribution in [1.29, 1.82) is 0 Å². The number of carboxylic acids is 1. The third kappa shape index (κ3) is 4.70. The molecular formula is C17H23F3N4O2. The van der Waals surface area contributed by atoms with Gasteiger partial charge in [0.25, 0.3) is 0 Å². The minimum absolute atomic E-state index is 0.630. The standard InChI is InChI=1S/C15H22N4.C2HF3O2/c1-5-19(10-14-12-7-17-8-13(12)14)6-2-11(1)15-9-16-3-4-18-15;3-2(4,5)1(6)7/h3-4,9,11-14,17H,1-2,5-8,10H2;(H,6,7). The molecular weight excluding hydrogens is 349 g/mol. The van der Waals surface area contributed by atoms with Crippen molar-refractivity contribution in [3.05, 3.63) is 24.3 Å². The third-order valence-corrected chi connectivity index (χ3v) is 5.57. The molecule has 1 aliphatic carbocycles. The van der Waals surface area contributed by atoms with Crippen LogP contribution in [0.15, 0.2) is 18.6 Å². The lowest BCUT2D eigenvalue weighted by atomic mass is 9.93. The molecule has 2 atom stereocenters. The Morgan fingerprint density at radius 1 is 1.23 bits per heavy atom. The first kappa shape index (κ1) is 19.0. The van der Waals surface area contributed by atoms with Crippen molar-refractivity contribution < 1.29 is 23.1 Å². The van der Waals surface area contributed by atoms with Gasteiger partial charge >= 0.3 is 12.1 Å². The van der Waals surface area contributed by atoms with E-state index < -0.39 is 12.1 Å². The van der Waals surface area contributed by atoms with Crippen LogP contribution >= 0.6 is 0 Å². The molecule has 0 amide bonds. The molecule has 3 fully saturated rings. The van der Waals surface area contributed by atoms with Crippen molar-refractivity contribution in [2.24, 2.45) is 17.8 Å². The Kier molecular flexibility index (Phi) is 5.76. The van der Waals surface area contributed by atoms with Gasteiger partial charge in [-0.2, -0.15) is 13.2 Å². The molecule has 2 N–H and O–H groups in total. The van der Waals surface area contributed by atoms with Gasteiger partial charge in [0.1, 0.15) is 0 Å². The fourth-order valence-electron chi connectivity index (χ4n) is 4.05. The van der Waals surface area contributed by atoms with Crippen LogP contribution in [0.5, 0.6) is 0 Å². The predicted molar refractivity (Wildman–Crippen MR) is 87.5 cm³/mol. The van der Waals surface area contributed by atoms with E-state index in [-0.39, 0.29) is 0 Å². The Bertz CT molecular complexity index is 596. The van der Waals surface area contributed by atoms with Crippen molar-refractivity contribution in [2.45, 2.75) is 24.9 Å². The van der Waals surface area contributed by atoms with E-state index >= 15 is 0 Å². The van der Waals surface area contributed by atoms with Crippen LogP contribution in [0.25, 0.3) is 0 Å². The van der Waals surface area contributed by atoms with Crippen LogP contribution in [0.4, 0.5) is 13.2 Å². The summed E-state index contributed by atoms with van der Waals surface area (Å²) in [6.07, 6.45) is 2.94. The number of rotatable bonds is 3. The van der Waals surface area contributed by atoms with Crippen molar-refractivity contribution in [1.82, 2.24) is 20.2 Å². The molecule has 6 nitrogen and oxygen atoms in total. The summed E-state index contributed by atoms with van der Waals surface area (Å²) in [4.78, 5) is 20.2. The minimum atomic E-state index is -5.08. The van der Waals surface area contributed by atoms with E-state index in [0.717, 1.165) is 17.8 Å². The van der Waals surface area contributed by atoms with Crippen LogP contribution in [0.1, 0.15) is 24.5 Å². The van der Waals surface area contributed by atoms with Gasteiger partial charge in [0.15, 0.2) is 0 Å². The summed E-state index contributed by atoms with van der Waals surface area (Å²) >= 11 is 0. The van der Waals surface area contributed by atoms with E-state index in [4.69, 9.17) is 9.90 Å². The lowest BCUT2D eigenvalue weighted by molar-refractivity contribution is -0.192. The monoisotopic (exact) mass is 372 g/mol. The number of carbonyl (C=O) groups is 1. The smallest absolute Gasteiger partial charge is 0.475 e. The van der Waals surface area contributed by atoms with Gasteiger partial charge in [0.2, 0.25) is 0 Å². The van der Waals surface area contributed by atoms with E-state index in [1.165, 1.54) is 51.3 Å². The molecule has 1 saturated carbocycles. The molecule has 2 aliphatic heterocycles. The van der Waals surface area contributed by atoms with Gasteiger partial charge in [0, 0.05) is 31.1 Å². The summed E-state index contributed by atoms with van der Waals surface area (Å²) in [7, 11) is 0. The maximum Gasteiger partial charge on any atom is 0.490 e. The number of likely N-dealkylation sites (tertiary alicyclic amines) is 1. The van der Waals surface area contributed by atoms with Gasteiger partial charge in [0.05, 0.1) is 5.69 Å². The topological polar surface area (TPSA) is 78.3 Å². The summed E-state index contributed by atoms with van der Waals surface area (Å²) in [5.41, 5.74) is 1.19. The summed E-state index contributed by atoms with van der Waals surface area (Å²) in [5, 5.41) is 10.6. The lowest BCUT2D eigenvalue weighted by Crippen LogP contribution is -2.36. The molecule has 0 aromatic carbocycles. The Labute approximate surface area is 149 Å². The van der Waals surface area contributed by atoms with Gasteiger partial charge in [-0.3, -0.25) is 9.97 Å². The zero-order valence-corrected chi connectivity index (χ0v) is 14.3. The van der Waals surface area contributed by atoms with Gasteiger partial charge in [-0.05, 0) is 56.8 Å². The zero-order valence-electron chi connectivity index (χ0n) is 14.3. The number of aliphatic carboxylic acids is 1. The Morgan fingerprint density at radius 2 is 1.85 bits per heavy atom. The first-order chi connectivity index (χ1) is 12.4. The number of aromatic nitrogens is 2. The van der Waals surface area contributed by atoms with Crippen molar-refractivity contribution in [2.75, 3.05) is 32.7 Å². The first-order valence-corrected chi connectivity index (χ1v) is 8.85. The fourth-order valence-corrected chi connectivity index (χ4v) is 4.05.